The van der Waals surface area contributed by atoms with Crippen molar-refractivity contribution in [2.45, 2.75) is 28.5 Å². The van der Waals surface area contributed by atoms with E-state index in [0.29, 0.717) is 34.8 Å². The van der Waals surface area contributed by atoms with Crippen molar-refractivity contribution in [2.24, 2.45) is 0 Å². The molecule has 3 aromatic rings. The minimum atomic E-state index is -3.15. The van der Waals surface area contributed by atoms with E-state index in [2.05, 4.69) is 15.5 Å². The Morgan fingerprint density at radius 2 is 1.68 bits per heavy atom. The summed E-state index contributed by atoms with van der Waals surface area (Å²) in [7, 11) is -3.15. The Hall–Kier alpha value is -3.05. The van der Waals surface area contributed by atoms with Crippen molar-refractivity contribution < 1.29 is 23.1 Å². The van der Waals surface area contributed by atoms with Gasteiger partial charge in [0.15, 0.2) is 15.6 Å². The number of sulfone groups is 1. The van der Waals surface area contributed by atoms with Gasteiger partial charge < -0.3 is 5.11 Å². The second-order valence-electron chi connectivity index (χ2n) is 7.42. The lowest BCUT2D eigenvalue weighted by atomic mass is 10.1. The van der Waals surface area contributed by atoms with Crippen molar-refractivity contribution in [1.82, 2.24) is 20.2 Å². The van der Waals surface area contributed by atoms with Gasteiger partial charge in [0.25, 0.3) is 0 Å². The van der Waals surface area contributed by atoms with Crippen LogP contribution in [-0.4, -0.2) is 56.5 Å². The lowest BCUT2D eigenvalue weighted by Gasteiger charge is -2.13. The number of thioether (sulfide) groups is 1. The highest BCUT2D eigenvalue weighted by Crippen LogP contribution is 2.53. The number of nitrogens with zero attached hydrogens (tertiary/aromatic N) is 4. The minimum Gasteiger partial charge on any atom is -0.478 e. The number of carboxylic acids is 1. The van der Waals surface area contributed by atoms with Crippen LogP contribution in [-0.2, 0) is 15.6 Å². The molecule has 1 aromatic heterocycles. The van der Waals surface area contributed by atoms with Crippen LogP contribution < -0.4 is 0 Å². The minimum absolute atomic E-state index is 0.0563. The Bertz CT molecular complexity index is 1250. The van der Waals surface area contributed by atoms with E-state index in [9.17, 15) is 18.0 Å². The molecule has 0 radical (unpaired) electrons. The van der Waals surface area contributed by atoms with E-state index in [1.165, 1.54) is 34.8 Å². The zero-order chi connectivity index (χ0) is 22.2. The highest BCUT2D eigenvalue weighted by molar-refractivity contribution is 8.01. The molecule has 0 atom stereocenters. The summed E-state index contributed by atoms with van der Waals surface area (Å²) >= 11 is 1.28. The van der Waals surface area contributed by atoms with Gasteiger partial charge in [-0.25, -0.2) is 13.2 Å². The normalized spacial score (nSPS) is 14.9. The number of aromatic nitrogens is 4. The number of carbonyl (C=O) groups is 2. The summed E-state index contributed by atoms with van der Waals surface area (Å²) in [5, 5.41) is 21.2. The summed E-state index contributed by atoms with van der Waals surface area (Å²) in [6.45, 7) is 0. The number of rotatable bonds is 8. The van der Waals surface area contributed by atoms with Crippen LogP contribution in [0.25, 0.3) is 5.69 Å². The molecule has 160 valence electrons. The molecule has 0 unspecified atom stereocenters. The third kappa shape index (κ3) is 4.67. The number of hydrogen-bond donors (Lipinski definition) is 1. The molecule has 0 amide bonds. The van der Waals surface area contributed by atoms with Crippen LogP contribution in [0.5, 0.6) is 0 Å². The largest absolute Gasteiger partial charge is 0.478 e. The fourth-order valence-corrected chi connectivity index (χ4v) is 5.10. The van der Waals surface area contributed by atoms with Gasteiger partial charge in [-0.05, 0) is 53.1 Å². The maximum Gasteiger partial charge on any atom is 0.335 e. The maximum absolute atomic E-state index is 13.1. The molecule has 1 N–H and O–H groups in total. The smallest absolute Gasteiger partial charge is 0.335 e. The third-order valence-corrected chi connectivity index (χ3v) is 7.13. The Kier molecular flexibility index (Phi) is 5.40. The third-order valence-electron chi connectivity index (χ3n) is 4.85. The van der Waals surface area contributed by atoms with Gasteiger partial charge in [-0.1, -0.05) is 36.0 Å². The first-order valence-electron chi connectivity index (χ1n) is 9.29. The first-order chi connectivity index (χ1) is 14.7. The molecule has 31 heavy (non-hydrogen) atoms. The average Bonchev–Trinajstić information content (AvgIpc) is 3.36. The number of carboxylic acid groups (broad SMARTS) is 1. The lowest BCUT2D eigenvalue weighted by Crippen LogP contribution is -2.20. The number of ketones is 1. The van der Waals surface area contributed by atoms with Gasteiger partial charge >= 0.3 is 5.97 Å². The molecule has 0 bridgehead atoms. The van der Waals surface area contributed by atoms with Gasteiger partial charge in [0.05, 0.1) is 21.8 Å². The molecule has 1 fully saturated rings. The van der Waals surface area contributed by atoms with Crippen LogP contribution in [0.1, 0.15) is 39.1 Å². The highest BCUT2D eigenvalue weighted by atomic mass is 32.2. The first kappa shape index (κ1) is 21.2. The van der Waals surface area contributed by atoms with Crippen molar-refractivity contribution in [3.63, 3.8) is 0 Å². The zero-order valence-corrected chi connectivity index (χ0v) is 18.1. The summed E-state index contributed by atoms with van der Waals surface area (Å²) in [6, 6.07) is 12.7. The summed E-state index contributed by atoms with van der Waals surface area (Å²) in [5.41, 5.74) is 1.88. The molecule has 1 aliphatic rings. The zero-order valence-electron chi connectivity index (χ0n) is 16.4. The van der Waals surface area contributed by atoms with E-state index >= 15 is 0 Å². The molecule has 0 aliphatic heterocycles. The average molecular weight is 459 g/mol. The van der Waals surface area contributed by atoms with E-state index in [-0.39, 0.29) is 17.1 Å². The van der Waals surface area contributed by atoms with Crippen LogP contribution in [0.4, 0.5) is 0 Å². The highest BCUT2D eigenvalue weighted by Gasteiger charge is 2.52. The van der Waals surface area contributed by atoms with Crippen molar-refractivity contribution in [2.75, 3.05) is 6.26 Å². The molecule has 1 aliphatic carbocycles. The quantitative estimate of drug-likeness (QED) is 0.505. The van der Waals surface area contributed by atoms with E-state index < -0.39 is 20.6 Å². The molecule has 0 spiro atoms. The standard InChI is InChI=1S/C20H18N4O5S2/c1-31(28,29)12-13-2-4-14(5-3-13)17(25)20(10-11-20)30-19-21-22-23-24(19)16-8-6-15(7-9-16)18(26)27/h2-9H,10-12H2,1H3,(H,26,27). The molecule has 11 heteroatoms. The second-order valence-corrected chi connectivity index (χ2v) is 10.9. The van der Waals surface area contributed by atoms with Crippen molar-refractivity contribution in [3.05, 3.63) is 65.2 Å². The summed E-state index contributed by atoms with van der Waals surface area (Å²) in [6.07, 6.45) is 2.51. The van der Waals surface area contributed by atoms with Crippen LogP contribution >= 0.6 is 11.8 Å². The number of Topliss-reactive ketones (excluding diaryl/α,β-unsaturated/α-hetero) is 1. The van der Waals surface area contributed by atoms with Crippen LogP contribution in [0, 0.1) is 0 Å². The molecule has 0 saturated heterocycles. The summed E-state index contributed by atoms with van der Waals surface area (Å²) < 4.78 is 23.7. The first-order valence-corrected chi connectivity index (χ1v) is 12.2. The van der Waals surface area contributed by atoms with Gasteiger partial charge in [-0.2, -0.15) is 4.68 Å². The number of carbonyl (C=O) groups excluding carboxylic acids is 1. The predicted molar refractivity (Wildman–Crippen MR) is 113 cm³/mol. The van der Waals surface area contributed by atoms with Gasteiger partial charge in [-0.3, -0.25) is 4.79 Å². The molecular weight excluding hydrogens is 440 g/mol. The molecule has 4 rings (SSSR count). The van der Waals surface area contributed by atoms with Gasteiger partial charge in [0, 0.05) is 11.8 Å². The molecular formula is C20H18N4O5S2. The molecule has 1 heterocycles. The van der Waals surface area contributed by atoms with E-state index in [1.807, 2.05) is 0 Å². The van der Waals surface area contributed by atoms with Gasteiger partial charge in [0.1, 0.15) is 0 Å². The predicted octanol–water partition coefficient (Wildman–Crippen LogP) is 2.41. The number of aromatic carboxylic acids is 1. The number of hydrogen-bond acceptors (Lipinski definition) is 8. The molecule has 1 saturated carbocycles. The lowest BCUT2D eigenvalue weighted by molar-refractivity contribution is 0.0696. The van der Waals surface area contributed by atoms with Gasteiger partial charge in [0.2, 0.25) is 5.16 Å². The van der Waals surface area contributed by atoms with E-state index in [1.54, 1.807) is 36.4 Å². The maximum atomic E-state index is 13.1. The Morgan fingerprint density at radius 3 is 2.23 bits per heavy atom. The van der Waals surface area contributed by atoms with Crippen molar-refractivity contribution in [1.29, 1.82) is 0 Å². The molecule has 2 aromatic carbocycles. The number of benzene rings is 2. The summed E-state index contributed by atoms with van der Waals surface area (Å²) in [4.78, 5) is 24.2. The fourth-order valence-electron chi connectivity index (χ4n) is 3.13. The Labute approximate surface area is 182 Å². The van der Waals surface area contributed by atoms with Crippen LogP contribution in [0.15, 0.2) is 53.7 Å². The SMILES string of the molecule is CS(=O)(=O)Cc1ccc(C(=O)C2(Sc3nnnn3-c3ccc(C(=O)O)cc3)CC2)cc1. The van der Waals surface area contributed by atoms with Crippen LogP contribution in [0.3, 0.4) is 0 Å². The Morgan fingerprint density at radius 1 is 1.06 bits per heavy atom. The van der Waals surface area contributed by atoms with E-state index in [4.69, 9.17) is 5.11 Å². The van der Waals surface area contributed by atoms with Gasteiger partial charge in [-0.15, -0.1) is 5.10 Å². The van der Waals surface area contributed by atoms with E-state index in [0.717, 1.165) is 0 Å². The Balaban J connectivity index is 1.53. The second kappa shape index (κ2) is 7.89. The monoisotopic (exact) mass is 458 g/mol. The summed E-state index contributed by atoms with van der Waals surface area (Å²) in [5.74, 6) is -1.15. The van der Waals surface area contributed by atoms with Crippen LogP contribution in [0.2, 0.25) is 0 Å². The van der Waals surface area contributed by atoms with Crippen molar-refractivity contribution >= 4 is 33.4 Å². The molecule has 9 nitrogen and oxygen atoms in total. The fraction of sp³-hybridized carbons (Fsp3) is 0.250. The van der Waals surface area contributed by atoms with Crippen molar-refractivity contribution in [3.8, 4) is 5.69 Å². The topological polar surface area (TPSA) is 132 Å². The number of tetrazole rings is 1.